The summed E-state index contributed by atoms with van der Waals surface area (Å²) >= 11 is 5.89. The molecule has 164 valence electrons. The highest BCUT2D eigenvalue weighted by molar-refractivity contribution is 6.30. The number of fused-ring (bicyclic) bond motifs is 1. The summed E-state index contributed by atoms with van der Waals surface area (Å²) in [6.45, 7) is 3.24. The van der Waals surface area contributed by atoms with Gasteiger partial charge in [-0.05, 0) is 80.2 Å². The maximum atomic E-state index is 14.2. The molecule has 2 aromatic rings. The molecule has 0 radical (unpaired) electrons. The number of rotatable bonds is 5. The number of hydrogen-bond donors (Lipinski definition) is 1. The summed E-state index contributed by atoms with van der Waals surface area (Å²) in [6.07, 6.45) is 11.2. The van der Waals surface area contributed by atoms with Gasteiger partial charge in [0.25, 0.3) is 0 Å². The van der Waals surface area contributed by atoms with Crippen LogP contribution in [0.5, 0.6) is 0 Å². The smallest absolute Gasteiger partial charge is 0.132 e. The van der Waals surface area contributed by atoms with Gasteiger partial charge in [-0.1, -0.05) is 17.7 Å². The maximum Gasteiger partial charge on any atom is 0.132 e. The van der Waals surface area contributed by atoms with E-state index in [4.69, 9.17) is 11.6 Å². The predicted octanol–water partition coefficient (Wildman–Crippen LogP) is 5.46. The molecule has 0 amide bonds. The fourth-order valence-corrected chi connectivity index (χ4v) is 7.52. The minimum atomic E-state index is -0.237. The molecule has 31 heavy (non-hydrogen) atoms. The van der Waals surface area contributed by atoms with Crippen molar-refractivity contribution in [3.8, 4) is 0 Å². The van der Waals surface area contributed by atoms with Crippen molar-refractivity contribution in [2.45, 2.75) is 58.0 Å². The van der Waals surface area contributed by atoms with Crippen molar-refractivity contribution in [3.63, 3.8) is 0 Å². The monoisotopic (exact) mass is 440 g/mol. The van der Waals surface area contributed by atoms with E-state index in [0.717, 1.165) is 55.3 Å². The highest BCUT2D eigenvalue weighted by Crippen LogP contribution is 2.59. The minimum absolute atomic E-state index is 0.237. The zero-order valence-corrected chi connectivity index (χ0v) is 18.7. The first-order valence-electron chi connectivity index (χ1n) is 11.8. The van der Waals surface area contributed by atoms with E-state index in [2.05, 4.69) is 20.2 Å². The summed E-state index contributed by atoms with van der Waals surface area (Å²) in [6, 6.07) is 4.93. The van der Waals surface area contributed by atoms with E-state index < -0.39 is 0 Å². The van der Waals surface area contributed by atoms with E-state index in [1.807, 2.05) is 0 Å². The average molecular weight is 441 g/mol. The summed E-state index contributed by atoms with van der Waals surface area (Å²) in [5.41, 5.74) is 3.49. The van der Waals surface area contributed by atoms with E-state index in [1.165, 1.54) is 50.2 Å². The SMILES string of the molecule is Fc1cc(Cl)ccc1CN1CCc2c(ncnc2NCC23CC4CC(CC(C4)C2)C3)C1. The molecule has 0 atom stereocenters. The van der Waals surface area contributed by atoms with Crippen LogP contribution in [-0.2, 0) is 19.5 Å². The Hall–Kier alpha value is -1.72. The van der Waals surface area contributed by atoms with Crippen LogP contribution in [0.1, 0.15) is 55.3 Å². The predicted molar refractivity (Wildman–Crippen MR) is 120 cm³/mol. The zero-order valence-electron chi connectivity index (χ0n) is 17.9. The van der Waals surface area contributed by atoms with Crippen LogP contribution in [0.4, 0.5) is 10.2 Å². The van der Waals surface area contributed by atoms with Gasteiger partial charge >= 0.3 is 0 Å². The van der Waals surface area contributed by atoms with Crippen molar-refractivity contribution < 1.29 is 4.39 Å². The molecule has 1 aromatic heterocycles. The molecule has 0 spiro atoms. The number of nitrogens with zero attached hydrogens (tertiary/aromatic N) is 3. The van der Waals surface area contributed by atoms with Gasteiger partial charge in [0.2, 0.25) is 0 Å². The van der Waals surface area contributed by atoms with Crippen LogP contribution in [0.25, 0.3) is 0 Å². The third-order valence-corrected chi connectivity index (χ3v) is 8.53. The zero-order chi connectivity index (χ0) is 21.0. The molecule has 0 unspecified atom stereocenters. The average Bonchev–Trinajstić information content (AvgIpc) is 2.73. The molecule has 7 rings (SSSR count). The number of hydrogen-bond acceptors (Lipinski definition) is 4. The van der Waals surface area contributed by atoms with Crippen molar-refractivity contribution >= 4 is 17.4 Å². The molecule has 2 heterocycles. The van der Waals surface area contributed by atoms with Gasteiger partial charge in [0.1, 0.15) is 18.0 Å². The van der Waals surface area contributed by atoms with Crippen LogP contribution < -0.4 is 5.32 Å². The summed E-state index contributed by atoms with van der Waals surface area (Å²) in [5.74, 6) is 3.69. The molecule has 6 heteroatoms. The Labute approximate surface area is 188 Å². The Morgan fingerprint density at radius 2 is 1.84 bits per heavy atom. The van der Waals surface area contributed by atoms with Crippen LogP contribution in [0.2, 0.25) is 5.02 Å². The summed E-state index contributed by atoms with van der Waals surface area (Å²) < 4.78 is 14.2. The van der Waals surface area contributed by atoms with Gasteiger partial charge in [0, 0.05) is 42.3 Å². The molecule has 4 fully saturated rings. The highest BCUT2D eigenvalue weighted by Gasteiger charge is 2.50. The quantitative estimate of drug-likeness (QED) is 0.670. The van der Waals surface area contributed by atoms with Crippen molar-refractivity contribution in [2.24, 2.45) is 23.2 Å². The van der Waals surface area contributed by atoms with E-state index in [9.17, 15) is 4.39 Å². The molecule has 1 N–H and O–H groups in total. The largest absolute Gasteiger partial charge is 0.369 e. The molecular formula is C25H30ClFN4. The lowest BCUT2D eigenvalue weighted by atomic mass is 9.49. The van der Waals surface area contributed by atoms with Crippen LogP contribution in [0.15, 0.2) is 24.5 Å². The second kappa shape index (κ2) is 7.70. The third-order valence-electron chi connectivity index (χ3n) is 8.29. The minimum Gasteiger partial charge on any atom is -0.369 e. The normalized spacial score (nSPS) is 31.6. The van der Waals surface area contributed by atoms with Gasteiger partial charge in [-0.25, -0.2) is 14.4 Å². The van der Waals surface area contributed by atoms with E-state index >= 15 is 0 Å². The molecule has 1 aromatic carbocycles. The Bertz CT molecular complexity index is 958. The van der Waals surface area contributed by atoms with E-state index in [1.54, 1.807) is 18.5 Å². The number of anilines is 1. The number of halogens is 2. The first kappa shape index (κ1) is 19.9. The summed E-state index contributed by atoms with van der Waals surface area (Å²) in [5, 5.41) is 4.20. The van der Waals surface area contributed by atoms with Crippen LogP contribution in [0, 0.1) is 29.0 Å². The number of benzene rings is 1. The Morgan fingerprint density at radius 3 is 2.55 bits per heavy atom. The van der Waals surface area contributed by atoms with Crippen LogP contribution in [0.3, 0.4) is 0 Å². The van der Waals surface area contributed by atoms with Crippen LogP contribution in [-0.4, -0.2) is 28.0 Å². The fraction of sp³-hybridized carbons (Fsp3) is 0.600. The molecule has 5 aliphatic rings. The topological polar surface area (TPSA) is 41.1 Å². The van der Waals surface area contributed by atoms with Crippen molar-refractivity contribution in [3.05, 3.63) is 52.2 Å². The standard InChI is InChI=1S/C25H30ClFN4/c26-20-2-1-19(22(27)8-20)12-31-4-3-21-23(13-31)29-15-30-24(21)28-14-25-9-16-5-17(10-25)7-18(6-16)11-25/h1-2,8,15-18H,3-7,9-14H2,(H,28,29,30). The van der Waals surface area contributed by atoms with Gasteiger partial charge in [0.05, 0.1) is 5.69 Å². The highest BCUT2D eigenvalue weighted by atomic mass is 35.5. The van der Waals surface area contributed by atoms with Gasteiger partial charge in [-0.15, -0.1) is 0 Å². The maximum absolute atomic E-state index is 14.2. The lowest BCUT2D eigenvalue weighted by Gasteiger charge is -2.57. The Morgan fingerprint density at radius 1 is 1.10 bits per heavy atom. The summed E-state index contributed by atoms with van der Waals surface area (Å²) in [4.78, 5) is 11.5. The first-order valence-corrected chi connectivity index (χ1v) is 12.2. The van der Waals surface area contributed by atoms with Gasteiger partial charge < -0.3 is 5.32 Å². The lowest BCUT2D eigenvalue weighted by molar-refractivity contribution is -0.0444. The lowest BCUT2D eigenvalue weighted by Crippen LogP contribution is -2.49. The van der Waals surface area contributed by atoms with Gasteiger partial charge in [0.15, 0.2) is 0 Å². The Balaban J connectivity index is 1.14. The molecule has 4 aliphatic carbocycles. The van der Waals surface area contributed by atoms with E-state index in [0.29, 0.717) is 22.5 Å². The summed E-state index contributed by atoms with van der Waals surface area (Å²) in [7, 11) is 0. The van der Waals surface area contributed by atoms with Gasteiger partial charge in [-0.3, -0.25) is 4.90 Å². The second-order valence-electron chi connectivity index (χ2n) is 10.6. The molecule has 4 nitrogen and oxygen atoms in total. The third kappa shape index (κ3) is 3.84. The molecular weight excluding hydrogens is 411 g/mol. The fourth-order valence-electron chi connectivity index (χ4n) is 7.36. The Kier molecular flexibility index (Phi) is 4.95. The number of nitrogens with one attached hydrogen (secondary N) is 1. The van der Waals surface area contributed by atoms with Crippen molar-refractivity contribution in [2.75, 3.05) is 18.4 Å². The number of aromatic nitrogens is 2. The van der Waals surface area contributed by atoms with Crippen molar-refractivity contribution in [1.29, 1.82) is 0 Å². The first-order chi connectivity index (χ1) is 15.1. The molecule has 0 saturated heterocycles. The van der Waals surface area contributed by atoms with Crippen LogP contribution >= 0.6 is 11.6 Å². The van der Waals surface area contributed by atoms with Crippen molar-refractivity contribution in [1.82, 2.24) is 14.9 Å². The van der Waals surface area contributed by atoms with E-state index in [-0.39, 0.29) is 5.82 Å². The van der Waals surface area contributed by atoms with Gasteiger partial charge in [-0.2, -0.15) is 0 Å². The molecule has 4 saturated carbocycles. The second-order valence-corrected chi connectivity index (χ2v) is 11.1. The molecule has 4 bridgehead atoms. The molecule has 1 aliphatic heterocycles.